The van der Waals surface area contributed by atoms with Gasteiger partial charge in [0.25, 0.3) is 0 Å². The summed E-state index contributed by atoms with van der Waals surface area (Å²) in [4.78, 5) is 14.1. The summed E-state index contributed by atoms with van der Waals surface area (Å²) in [6.45, 7) is 3.75. The molecule has 158 valence electrons. The van der Waals surface area contributed by atoms with E-state index < -0.39 is 21.9 Å². The zero-order valence-corrected chi connectivity index (χ0v) is 18.2. The summed E-state index contributed by atoms with van der Waals surface area (Å²) < 4.78 is 44.8. The van der Waals surface area contributed by atoms with Gasteiger partial charge in [0, 0.05) is 33.4 Å². The average Bonchev–Trinajstić information content (AvgIpc) is 2.65. The van der Waals surface area contributed by atoms with Crippen LogP contribution in [0.5, 0.6) is 5.75 Å². The molecular weight excluding hydrogens is 397 g/mol. The smallest absolute Gasteiger partial charge is 0.321 e. The molecule has 2 aromatic carbocycles. The number of benzene rings is 2. The molecule has 0 aliphatic carbocycles. The second kappa shape index (κ2) is 8.79. The van der Waals surface area contributed by atoms with Gasteiger partial charge in [0.15, 0.2) is 11.6 Å². The number of anilines is 1. The molecule has 9 heteroatoms. The van der Waals surface area contributed by atoms with E-state index in [-0.39, 0.29) is 17.2 Å². The lowest BCUT2D eigenvalue weighted by Crippen LogP contribution is -2.31. The number of nitrogens with one attached hydrogen (secondary N) is 1. The zero-order chi connectivity index (χ0) is 21.9. The number of hydrogen-bond acceptors (Lipinski definition) is 4. The van der Waals surface area contributed by atoms with Gasteiger partial charge < -0.3 is 15.0 Å². The molecule has 0 fully saturated rings. The van der Waals surface area contributed by atoms with Crippen LogP contribution in [0.15, 0.2) is 35.2 Å². The highest BCUT2D eigenvalue weighted by molar-refractivity contribution is 7.89. The van der Waals surface area contributed by atoms with Crippen molar-refractivity contribution in [2.24, 2.45) is 0 Å². The topological polar surface area (TPSA) is 79.0 Å². The van der Waals surface area contributed by atoms with Crippen LogP contribution in [0.1, 0.15) is 16.7 Å². The van der Waals surface area contributed by atoms with Crippen molar-refractivity contribution >= 4 is 21.7 Å². The number of urea groups is 1. The van der Waals surface area contributed by atoms with Gasteiger partial charge in [-0.15, -0.1) is 0 Å². The molecule has 0 saturated carbocycles. The molecule has 0 atom stereocenters. The van der Waals surface area contributed by atoms with Crippen LogP contribution in [0.4, 0.5) is 14.9 Å². The molecule has 2 aromatic rings. The molecule has 0 heterocycles. The Labute approximate surface area is 171 Å². The number of methoxy groups -OCH3 is 1. The number of nitrogens with zero attached hydrogens (tertiary/aromatic N) is 2. The molecular formula is C20H26FN3O4S. The van der Waals surface area contributed by atoms with Crippen LogP contribution in [0.3, 0.4) is 0 Å². The maximum absolute atomic E-state index is 13.9. The highest BCUT2D eigenvalue weighted by Gasteiger charge is 2.21. The van der Waals surface area contributed by atoms with Crippen molar-refractivity contribution in [3.63, 3.8) is 0 Å². The molecule has 2 amide bonds. The van der Waals surface area contributed by atoms with Crippen LogP contribution < -0.4 is 10.1 Å². The molecule has 0 saturated heterocycles. The lowest BCUT2D eigenvalue weighted by molar-refractivity contribution is 0.220. The third kappa shape index (κ3) is 5.04. The first-order valence-corrected chi connectivity index (χ1v) is 10.3. The summed E-state index contributed by atoms with van der Waals surface area (Å²) in [5.74, 6) is -0.377. The van der Waals surface area contributed by atoms with Gasteiger partial charge in [-0.25, -0.2) is 21.9 Å². The Kier molecular flexibility index (Phi) is 6.86. The van der Waals surface area contributed by atoms with Gasteiger partial charge in [0.05, 0.1) is 12.0 Å². The van der Waals surface area contributed by atoms with Gasteiger partial charge in [-0.05, 0) is 54.8 Å². The van der Waals surface area contributed by atoms with E-state index in [0.29, 0.717) is 11.3 Å². The number of carbonyl (C=O) groups is 1. The van der Waals surface area contributed by atoms with Crippen molar-refractivity contribution in [3.05, 3.63) is 52.8 Å². The fourth-order valence-electron chi connectivity index (χ4n) is 2.68. The molecule has 0 unspecified atom stereocenters. The Bertz CT molecular complexity index is 1020. The Morgan fingerprint density at radius 3 is 2.34 bits per heavy atom. The first kappa shape index (κ1) is 22.6. The Hall–Kier alpha value is -2.65. The fraction of sp³-hybridized carbons (Fsp3) is 0.350. The SMILES string of the molecule is COc1ccc(CN(C)C(=O)Nc2cc(S(=O)(=O)N(C)C)cc(C)c2C)cc1F. The van der Waals surface area contributed by atoms with Crippen LogP contribution in [-0.2, 0) is 16.6 Å². The predicted octanol–water partition coefficient (Wildman–Crippen LogP) is 3.37. The summed E-state index contributed by atoms with van der Waals surface area (Å²) in [5.41, 5.74) is 2.50. The summed E-state index contributed by atoms with van der Waals surface area (Å²) in [6.07, 6.45) is 0. The first-order valence-electron chi connectivity index (χ1n) is 8.85. The molecule has 7 nitrogen and oxygen atoms in total. The zero-order valence-electron chi connectivity index (χ0n) is 17.4. The minimum absolute atomic E-state index is 0.0979. The van der Waals surface area contributed by atoms with Crippen molar-refractivity contribution in [2.75, 3.05) is 33.6 Å². The highest BCUT2D eigenvalue weighted by Crippen LogP contribution is 2.26. The van der Waals surface area contributed by atoms with Crippen molar-refractivity contribution in [2.45, 2.75) is 25.3 Å². The maximum atomic E-state index is 13.9. The van der Waals surface area contributed by atoms with E-state index in [2.05, 4.69) is 5.32 Å². The van der Waals surface area contributed by atoms with Gasteiger partial charge >= 0.3 is 6.03 Å². The third-order valence-corrected chi connectivity index (χ3v) is 6.44. The molecule has 0 aliphatic heterocycles. The largest absolute Gasteiger partial charge is 0.494 e. The number of ether oxygens (including phenoxy) is 1. The molecule has 29 heavy (non-hydrogen) atoms. The van der Waals surface area contributed by atoms with Gasteiger partial charge in [-0.1, -0.05) is 6.07 Å². The average molecular weight is 424 g/mol. The minimum atomic E-state index is -3.64. The number of hydrogen-bond donors (Lipinski definition) is 1. The highest BCUT2D eigenvalue weighted by atomic mass is 32.2. The van der Waals surface area contributed by atoms with Crippen LogP contribution in [0.25, 0.3) is 0 Å². The van der Waals surface area contributed by atoms with E-state index >= 15 is 0 Å². The van der Waals surface area contributed by atoms with Crippen molar-refractivity contribution in [3.8, 4) is 5.75 Å². The van der Waals surface area contributed by atoms with Crippen LogP contribution in [-0.4, -0.2) is 51.9 Å². The molecule has 0 spiro atoms. The second-order valence-corrected chi connectivity index (χ2v) is 9.11. The van der Waals surface area contributed by atoms with Gasteiger partial charge in [0.2, 0.25) is 10.0 Å². The Morgan fingerprint density at radius 2 is 1.79 bits per heavy atom. The molecule has 2 rings (SSSR count). The van der Waals surface area contributed by atoms with E-state index in [4.69, 9.17) is 4.74 Å². The van der Waals surface area contributed by atoms with Gasteiger partial charge in [0.1, 0.15) is 0 Å². The Balaban J connectivity index is 2.23. The number of sulfonamides is 1. The van der Waals surface area contributed by atoms with Crippen molar-refractivity contribution in [1.82, 2.24) is 9.21 Å². The van der Waals surface area contributed by atoms with Crippen molar-refractivity contribution < 1.29 is 22.3 Å². The van der Waals surface area contributed by atoms with Gasteiger partial charge in [-0.2, -0.15) is 0 Å². The minimum Gasteiger partial charge on any atom is -0.494 e. The number of amides is 2. The van der Waals surface area contributed by atoms with Crippen molar-refractivity contribution in [1.29, 1.82) is 0 Å². The second-order valence-electron chi connectivity index (χ2n) is 6.96. The predicted molar refractivity (Wildman–Crippen MR) is 110 cm³/mol. The van der Waals surface area contributed by atoms with Gasteiger partial charge in [-0.3, -0.25) is 0 Å². The number of halogens is 1. The first-order chi connectivity index (χ1) is 13.5. The van der Waals surface area contributed by atoms with E-state index in [9.17, 15) is 17.6 Å². The number of aryl methyl sites for hydroxylation is 1. The van der Waals surface area contributed by atoms with E-state index in [1.54, 1.807) is 33.0 Å². The summed E-state index contributed by atoms with van der Waals surface area (Å²) >= 11 is 0. The Morgan fingerprint density at radius 1 is 1.14 bits per heavy atom. The fourth-order valence-corrected chi connectivity index (χ4v) is 3.69. The molecule has 0 bridgehead atoms. The van der Waals surface area contributed by atoms with Crippen LogP contribution in [0, 0.1) is 19.7 Å². The molecule has 0 aliphatic rings. The lowest BCUT2D eigenvalue weighted by atomic mass is 10.1. The number of rotatable bonds is 6. The monoisotopic (exact) mass is 423 g/mol. The van der Waals surface area contributed by atoms with E-state index in [0.717, 1.165) is 15.4 Å². The standard InChI is InChI=1S/C20H26FN3O4S/c1-13-9-16(29(26,27)23(3)4)11-18(14(13)2)22-20(25)24(5)12-15-7-8-19(28-6)17(21)10-15/h7-11H,12H2,1-6H3,(H,22,25). The normalized spacial score (nSPS) is 11.4. The maximum Gasteiger partial charge on any atom is 0.321 e. The van der Waals surface area contributed by atoms with Crippen LogP contribution in [0.2, 0.25) is 0 Å². The molecule has 0 aromatic heterocycles. The lowest BCUT2D eigenvalue weighted by Gasteiger charge is -2.21. The molecule has 0 radical (unpaired) electrons. The number of carbonyl (C=O) groups excluding carboxylic acids is 1. The van der Waals surface area contributed by atoms with E-state index in [1.807, 2.05) is 0 Å². The summed E-state index contributed by atoms with van der Waals surface area (Å²) in [5, 5.41) is 2.75. The summed E-state index contributed by atoms with van der Waals surface area (Å²) in [7, 11) is 2.21. The third-order valence-electron chi connectivity index (χ3n) is 4.64. The van der Waals surface area contributed by atoms with E-state index in [1.165, 1.54) is 44.3 Å². The molecule has 1 N–H and O–H groups in total. The van der Waals surface area contributed by atoms with Crippen LogP contribution >= 0.6 is 0 Å². The quantitative estimate of drug-likeness (QED) is 0.773. The summed E-state index contributed by atoms with van der Waals surface area (Å²) in [6, 6.07) is 7.05.